The van der Waals surface area contributed by atoms with Gasteiger partial charge in [-0.25, -0.2) is 0 Å². The number of hydrogen-bond acceptors (Lipinski definition) is 2. The van der Waals surface area contributed by atoms with E-state index in [-0.39, 0.29) is 17.5 Å². The lowest BCUT2D eigenvalue weighted by atomic mass is 9.96. The van der Waals surface area contributed by atoms with Crippen LogP contribution >= 0.6 is 0 Å². The highest BCUT2D eigenvalue weighted by Crippen LogP contribution is 2.22. The Morgan fingerprint density at radius 2 is 1.82 bits per heavy atom. The van der Waals surface area contributed by atoms with Crippen molar-refractivity contribution in [2.45, 2.75) is 34.6 Å². The Kier molecular flexibility index (Phi) is 4.11. The van der Waals surface area contributed by atoms with Gasteiger partial charge in [0.25, 0.3) is 0 Å². The second-order valence-electron chi connectivity index (χ2n) is 4.81. The van der Waals surface area contributed by atoms with Gasteiger partial charge in [-0.05, 0) is 32.4 Å². The summed E-state index contributed by atoms with van der Waals surface area (Å²) in [7, 11) is 0. The molecule has 92 valence electrons. The van der Waals surface area contributed by atoms with E-state index in [0.717, 1.165) is 16.7 Å². The molecule has 1 N–H and O–H groups in total. The first kappa shape index (κ1) is 13.5. The zero-order valence-corrected chi connectivity index (χ0v) is 11.2. The van der Waals surface area contributed by atoms with E-state index in [0.29, 0.717) is 5.57 Å². The summed E-state index contributed by atoms with van der Waals surface area (Å²) in [5.74, 6) is -0.00410. The van der Waals surface area contributed by atoms with Crippen molar-refractivity contribution in [3.63, 3.8) is 0 Å². The maximum absolute atomic E-state index is 11.8. The third-order valence-corrected chi connectivity index (χ3v) is 2.90. The summed E-state index contributed by atoms with van der Waals surface area (Å²) in [6, 6.07) is 5.85. The van der Waals surface area contributed by atoms with E-state index in [9.17, 15) is 9.90 Å². The van der Waals surface area contributed by atoms with E-state index in [2.05, 4.69) is 0 Å². The predicted molar refractivity (Wildman–Crippen MR) is 71.0 cm³/mol. The number of aliphatic hydroxyl groups is 1. The highest BCUT2D eigenvalue weighted by Gasteiger charge is 2.16. The van der Waals surface area contributed by atoms with Gasteiger partial charge in [-0.15, -0.1) is 0 Å². The molecule has 0 saturated heterocycles. The second kappa shape index (κ2) is 5.17. The zero-order chi connectivity index (χ0) is 13.2. The van der Waals surface area contributed by atoms with E-state index in [4.69, 9.17) is 0 Å². The number of Topliss-reactive ketones (excluding diaryl/α,β-unsaturated/α-hetero) is 1. The third-order valence-electron chi connectivity index (χ3n) is 2.90. The molecule has 0 fully saturated rings. The molecule has 0 aromatic heterocycles. The van der Waals surface area contributed by atoms with Gasteiger partial charge in [0.05, 0.1) is 0 Å². The van der Waals surface area contributed by atoms with E-state index in [1.165, 1.54) is 0 Å². The van der Waals surface area contributed by atoms with Crippen LogP contribution in [0.25, 0.3) is 5.76 Å². The minimum Gasteiger partial charge on any atom is -0.507 e. The minimum atomic E-state index is -0.0951. The first-order valence-electron chi connectivity index (χ1n) is 5.86. The lowest BCUT2D eigenvalue weighted by Crippen LogP contribution is -2.10. The van der Waals surface area contributed by atoms with Crippen LogP contribution in [0.3, 0.4) is 0 Å². The lowest BCUT2D eigenvalue weighted by molar-refractivity contribution is -0.118. The third kappa shape index (κ3) is 2.96. The maximum Gasteiger partial charge on any atom is 0.164 e. The average molecular weight is 232 g/mol. The zero-order valence-electron chi connectivity index (χ0n) is 11.2. The molecule has 2 nitrogen and oxygen atoms in total. The van der Waals surface area contributed by atoms with Gasteiger partial charge in [0.1, 0.15) is 5.76 Å². The summed E-state index contributed by atoms with van der Waals surface area (Å²) >= 11 is 0. The van der Waals surface area contributed by atoms with Crippen molar-refractivity contribution in [1.29, 1.82) is 0 Å². The molecule has 0 radical (unpaired) electrons. The van der Waals surface area contributed by atoms with Gasteiger partial charge in [0.2, 0.25) is 0 Å². The Hall–Kier alpha value is -1.57. The summed E-state index contributed by atoms with van der Waals surface area (Å²) < 4.78 is 0. The normalized spacial score (nSPS) is 12.6. The Bertz CT molecular complexity index is 468. The summed E-state index contributed by atoms with van der Waals surface area (Å²) in [6.45, 7) is 9.25. The quantitative estimate of drug-likeness (QED) is 0.635. The lowest BCUT2D eigenvalue weighted by Gasteiger charge is -2.11. The standard InChI is InChI=1S/C15H20O2/c1-9(2)14(16)12(5)15(17)13-8-10(3)6-7-11(13)4/h6-9,17H,1-5H3. The summed E-state index contributed by atoms with van der Waals surface area (Å²) in [6.07, 6.45) is 0. The number of aliphatic hydroxyl groups excluding tert-OH is 1. The van der Waals surface area contributed by atoms with E-state index < -0.39 is 0 Å². The van der Waals surface area contributed by atoms with Gasteiger partial charge >= 0.3 is 0 Å². The Morgan fingerprint density at radius 1 is 1.24 bits per heavy atom. The van der Waals surface area contributed by atoms with Crippen molar-refractivity contribution >= 4 is 11.5 Å². The molecule has 0 bridgehead atoms. The molecule has 1 rings (SSSR count). The molecule has 0 aliphatic heterocycles. The van der Waals surface area contributed by atoms with Crippen molar-refractivity contribution < 1.29 is 9.90 Å². The van der Waals surface area contributed by atoms with Crippen molar-refractivity contribution in [1.82, 2.24) is 0 Å². The van der Waals surface area contributed by atoms with Crippen molar-refractivity contribution in [3.05, 3.63) is 40.5 Å². The van der Waals surface area contributed by atoms with Gasteiger partial charge in [-0.3, -0.25) is 4.79 Å². The smallest absolute Gasteiger partial charge is 0.164 e. The number of allylic oxidation sites excluding steroid dienone is 1. The summed E-state index contributed by atoms with van der Waals surface area (Å²) in [4.78, 5) is 11.8. The molecule has 17 heavy (non-hydrogen) atoms. The molecule has 0 atom stereocenters. The molecule has 0 unspecified atom stereocenters. The fourth-order valence-corrected chi connectivity index (χ4v) is 1.74. The molecule has 0 aliphatic carbocycles. The molecule has 0 saturated carbocycles. The van der Waals surface area contributed by atoms with Gasteiger partial charge in [0, 0.05) is 17.1 Å². The fraction of sp³-hybridized carbons (Fsp3) is 0.400. The van der Waals surface area contributed by atoms with E-state index in [1.54, 1.807) is 6.92 Å². The Labute approximate surface area is 103 Å². The number of hydrogen-bond donors (Lipinski definition) is 1. The number of ketones is 1. The van der Waals surface area contributed by atoms with Crippen LogP contribution in [-0.4, -0.2) is 10.9 Å². The van der Waals surface area contributed by atoms with Crippen molar-refractivity contribution in [2.75, 3.05) is 0 Å². The molecule has 0 amide bonds. The molecule has 0 spiro atoms. The number of aryl methyl sites for hydroxylation is 2. The van der Waals surface area contributed by atoms with Crippen LogP contribution in [0.4, 0.5) is 0 Å². The van der Waals surface area contributed by atoms with Gasteiger partial charge in [-0.1, -0.05) is 31.5 Å². The average Bonchev–Trinajstić information content (AvgIpc) is 2.29. The molecular weight excluding hydrogens is 212 g/mol. The highest BCUT2D eigenvalue weighted by atomic mass is 16.3. The first-order chi connectivity index (χ1) is 7.84. The van der Waals surface area contributed by atoms with Crippen LogP contribution in [0.1, 0.15) is 37.5 Å². The number of benzene rings is 1. The Morgan fingerprint density at radius 3 is 2.35 bits per heavy atom. The number of rotatable bonds is 3. The van der Waals surface area contributed by atoms with Crippen LogP contribution in [0.2, 0.25) is 0 Å². The van der Waals surface area contributed by atoms with Gasteiger partial charge in [0.15, 0.2) is 5.78 Å². The number of carbonyl (C=O) groups is 1. The minimum absolute atomic E-state index is 0.0107. The van der Waals surface area contributed by atoms with Gasteiger partial charge in [-0.2, -0.15) is 0 Å². The Balaban J connectivity index is 3.27. The maximum atomic E-state index is 11.8. The molecule has 0 heterocycles. The first-order valence-corrected chi connectivity index (χ1v) is 5.86. The van der Waals surface area contributed by atoms with Gasteiger partial charge < -0.3 is 5.11 Å². The summed E-state index contributed by atoms with van der Waals surface area (Å²) in [5, 5.41) is 10.2. The molecule has 2 heteroatoms. The van der Waals surface area contributed by atoms with Crippen LogP contribution < -0.4 is 0 Å². The highest BCUT2D eigenvalue weighted by molar-refractivity contribution is 6.01. The topological polar surface area (TPSA) is 37.3 Å². The molecule has 1 aromatic rings. The molecule has 1 aromatic carbocycles. The molecular formula is C15H20O2. The fourth-order valence-electron chi connectivity index (χ4n) is 1.74. The van der Waals surface area contributed by atoms with Crippen LogP contribution in [0.5, 0.6) is 0 Å². The van der Waals surface area contributed by atoms with Crippen LogP contribution in [-0.2, 0) is 4.79 Å². The van der Waals surface area contributed by atoms with E-state index >= 15 is 0 Å². The largest absolute Gasteiger partial charge is 0.507 e. The second-order valence-corrected chi connectivity index (χ2v) is 4.81. The van der Waals surface area contributed by atoms with E-state index in [1.807, 2.05) is 45.9 Å². The molecule has 0 aliphatic rings. The monoisotopic (exact) mass is 232 g/mol. The van der Waals surface area contributed by atoms with Crippen molar-refractivity contribution in [3.8, 4) is 0 Å². The summed E-state index contributed by atoms with van der Waals surface area (Å²) in [5.41, 5.74) is 3.23. The van der Waals surface area contributed by atoms with Crippen LogP contribution in [0.15, 0.2) is 23.8 Å². The SMILES string of the molecule is CC(C(=O)C(C)C)=C(O)c1cc(C)ccc1C. The predicted octanol–water partition coefficient (Wildman–Crippen LogP) is 3.82. The van der Waals surface area contributed by atoms with Crippen molar-refractivity contribution in [2.24, 2.45) is 5.92 Å². The number of carbonyl (C=O) groups excluding carboxylic acids is 1. The van der Waals surface area contributed by atoms with Crippen LogP contribution in [0, 0.1) is 19.8 Å².